The zero-order valence-electron chi connectivity index (χ0n) is 7.93. The monoisotopic (exact) mass is 184 g/mol. The topological polar surface area (TPSA) is 17.8 Å². The second-order valence-corrected chi connectivity index (χ2v) is 3.13. The summed E-state index contributed by atoms with van der Waals surface area (Å²) in [7, 11) is 0. The van der Waals surface area contributed by atoms with Gasteiger partial charge in [-0.15, -0.1) is 6.58 Å². The van der Waals surface area contributed by atoms with Gasteiger partial charge in [0.2, 0.25) is 0 Å². The quantitative estimate of drug-likeness (QED) is 0.670. The van der Waals surface area contributed by atoms with E-state index >= 15 is 0 Å². The average Bonchev–Trinajstić information content (AvgIpc) is 2.71. The van der Waals surface area contributed by atoms with Crippen LogP contribution >= 0.6 is 0 Å². The van der Waals surface area contributed by atoms with Gasteiger partial charge in [0.25, 0.3) is 0 Å². The Hall–Kier alpha value is -1.83. The number of benzene rings is 1. The Kier molecular flexibility index (Phi) is 2.45. The Labute approximate surface area is 83.5 Å². The Morgan fingerprint density at radius 2 is 2.36 bits per heavy atom. The first-order chi connectivity index (χ1) is 6.90. The lowest BCUT2D eigenvalue weighted by Gasteiger charge is -2.03. The Morgan fingerprint density at radius 3 is 3.07 bits per heavy atom. The minimum absolute atomic E-state index is 0.905. The van der Waals surface area contributed by atoms with Crippen molar-refractivity contribution in [3.63, 3.8) is 0 Å². The normalized spacial score (nSPS) is 10.0. The molecule has 70 valence electrons. The van der Waals surface area contributed by atoms with Crippen LogP contribution in [0.4, 0.5) is 0 Å². The minimum atomic E-state index is 0.905. The highest BCUT2D eigenvalue weighted by Crippen LogP contribution is 2.10. The summed E-state index contributed by atoms with van der Waals surface area (Å²) in [6, 6.07) is 8.36. The van der Waals surface area contributed by atoms with Crippen molar-refractivity contribution < 1.29 is 0 Å². The number of hydrogen-bond donors (Lipinski definition) is 0. The molecule has 0 unspecified atom stereocenters. The van der Waals surface area contributed by atoms with Gasteiger partial charge < -0.3 is 4.57 Å². The third-order valence-electron chi connectivity index (χ3n) is 2.09. The molecule has 1 aromatic carbocycles. The first-order valence-electron chi connectivity index (χ1n) is 4.58. The number of hydrogen-bond acceptors (Lipinski definition) is 1. The van der Waals surface area contributed by atoms with Gasteiger partial charge in [-0.05, 0) is 24.1 Å². The molecule has 0 bridgehead atoms. The number of nitrogens with zero attached hydrogens (tertiary/aromatic N) is 2. The first-order valence-corrected chi connectivity index (χ1v) is 4.58. The van der Waals surface area contributed by atoms with Gasteiger partial charge in [-0.1, -0.05) is 18.2 Å². The molecule has 0 aliphatic rings. The second kappa shape index (κ2) is 3.92. The molecule has 0 radical (unpaired) electrons. The molecule has 2 nitrogen and oxygen atoms in total. The van der Waals surface area contributed by atoms with Gasteiger partial charge >= 0.3 is 0 Å². The lowest BCUT2D eigenvalue weighted by molar-refractivity contribution is 1.05. The SMILES string of the molecule is C=CCc1cccc(-n2ccnc2)c1. The van der Waals surface area contributed by atoms with E-state index < -0.39 is 0 Å². The zero-order valence-corrected chi connectivity index (χ0v) is 7.93. The summed E-state index contributed by atoms with van der Waals surface area (Å²) in [5, 5.41) is 0. The highest BCUT2D eigenvalue weighted by Gasteiger charge is 1.95. The van der Waals surface area contributed by atoms with E-state index in [1.54, 1.807) is 12.5 Å². The zero-order chi connectivity index (χ0) is 9.80. The van der Waals surface area contributed by atoms with Crippen molar-refractivity contribution in [1.82, 2.24) is 9.55 Å². The highest BCUT2D eigenvalue weighted by molar-refractivity contribution is 5.36. The van der Waals surface area contributed by atoms with Crippen LogP contribution in [0.5, 0.6) is 0 Å². The number of allylic oxidation sites excluding steroid dienone is 1. The number of rotatable bonds is 3. The van der Waals surface area contributed by atoms with Crippen LogP contribution in [0.15, 0.2) is 55.6 Å². The molecule has 2 rings (SSSR count). The lowest BCUT2D eigenvalue weighted by Crippen LogP contribution is -1.91. The molecule has 14 heavy (non-hydrogen) atoms. The summed E-state index contributed by atoms with van der Waals surface area (Å²) in [4.78, 5) is 4.02. The minimum Gasteiger partial charge on any atom is -0.306 e. The summed E-state index contributed by atoms with van der Waals surface area (Å²) in [5.74, 6) is 0. The first kappa shape index (κ1) is 8.75. The van der Waals surface area contributed by atoms with Crippen molar-refractivity contribution in [1.29, 1.82) is 0 Å². The van der Waals surface area contributed by atoms with E-state index in [0.717, 1.165) is 12.1 Å². The molecule has 2 aromatic rings. The molecule has 0 aliphatic carbocycles. The van der Waals surface area contributed by atoms with Gasteiger partial charge in [0.15, 0.2) is 0 Å². The molecule has 0 atom stereocenters. The van der Waals surface area contributed by atoms with Gasteiger partial charge in [0.05, 0.1) is 6.33 Å². The van der Waals surface area contributed by atoms with E-state index in [1.165, 1.54) is 5.56 Å². The molecule has 1 aromatic heterocycles. The molecule has 0 saturated carbocycles. The van der Waals surface area contributed by atoms with Gasteiger partial charge in [-0.25, -0.2) is 4.98 Å². The van der Waals surface area contributed by atoms with Crippen LogP contribution in [0.25, 0.3) is 5.69 Å². The van der Waals surface area contributed by atoms with E-state index in [2.05, 4.69) is 29.8 Å². The summed E-state index contributed by atoms with van der Waals surface area (Å²) in [5.41, 5.74) is 2.41. The van der Waals surface area contributed by atoms with Crippen LogP contribution in [0, 0.1) is 0 Å². The van der Waals surface area contributed by atoms with Crippen molar-refractivity contribution in [2.24, 2.45) is 0 Å². The van der Waals surface area contributed by atoms with Crippen molar-refractivity contribution in [3.8, 4) is 5.69 Å². The fraction of sp³-hybridized carbons (Fsp3) is 0.0833. The van der Waals surface area contributed by atoms with Crippen LogP contribution in [-0.4, -0.2) is 9.55 Å². The van der Waals surface area contributed by atoms with Gasteiger partial charge in [0.1, 0.15) is 0 Å². The summed E-state index contributed by atoms with van der Waals surface area (Å²) < 4.78 is 1.99. The molecule has 0 saturated heterocycles. The van der Waals surface area contributed by atoms with Crippen molar-refractivity contribution in [2.45, 2.75) is 6.42 Å². The molecule has 0 spiro atoms. The van der Waals surface area contributed by atoms with Crippen LogP contribution in [0.1, 0.15) is 5.56 Å². The Morgan fingerprint density at radius 1 is 1.43 bits per heavy atom. The van der Waals surface area contributed by atoms with Gasteiger partial charge in [-0.3, -0.25) is 0 Å². The van der Waals surface area contributed by atoms with Crippen LogP contribution in [0.2, 0.25) is 0 Å². The predicted molar refractivity (Wildman–Crippen MR) is 57.5 cm³/mol. The molecule has 0 N–H and O–H groups in total. The molecular weight excluding hydrogens is 172 g/mol. The third-order valence-corrected chi connectivity index (χ3v) is 2.09. The molecule has 0 aliphatic heterocycles. The molecule has 0 fully saturated rings. The van der Waals surface area contributed by atoms with Crippen LogP contribution in [0.3, 0.4) is 0 Å². The maximum atomic E-state index is 4.02. The summed E-state index contributed by atoms with van der Waals surface area (Å²) in [6.07, 6.45) is 8.33. The fourth-order valence-corrected chi connectivity index (χ4v) is 1.42. The largest absolute Gasteiger partial charge is 0.306 e. The van der Waals surface area contributed by atoms with E-state index in [9.17, 15) is 0 Å². The Bertz CT molecular complexity index is 416. The predicted octanol–water partition coefficient (Wildman–Crippen LogP) is 2.60. The summed E-state index contributed by atoms with van der Waals surface area (Å²) >= 11 is 0. The molecule has 2 heteroatoms. The van der Waals surface area contributed by atoms with E-state index in [1.807, 2.05) is 22.9 Å². The highest BCUT2D eigenvalue weighted by atomic mass is 15.0. The Balaban J connectivity index is 2.35. The van der Waals surface area contributed by atoms with Crippen LogP contribution < -0.4 is 0 Å². The molecule has 0 amide bonds. The molecule has 1 heterocycles. The second-order valence-electron chi connectivity index (χ2n) is 3.13. The van der Waals surface area contributed by atoms with Gasteiger partial charge in [-0.2, -0.15) is 0 Å². The van der Waals surface area contributed by atoms with Crippen molar-refractivity contribution >= 4 is 0 Å². The molecular formula is C12H12N2. The average molecular weight is 184 g/mol. The van der Waals surface area contributed by atoms with Gasteiger partial charge in [0, 0.05) is 18.1 Å². The third kappa shape index (κ3) is 1.74. The maximum absolute atomic E-state index is 4.02. The van der Waals surface area contributed by atoms with Crippen LogP contribution in [-0.2, 0) is 6.42 Å². The van der Waals surface area contributed by atoms with E-state index in [-0.39, 0.29) is 0 Å². The fourth-order valence-electron chi connectivity index (χ4n) is 1.42. The smallest absolute Gasteiger partial charge is 0.0991 e. The van der Waals surface area contributed by atoms with E-state index in [0.29, 0.717) is 0 Å². The number of imidazole rings is 1. The maximum Gasteiger partial charge on any atom is 0.0991 e. The van der Waals surface area contributed by atoms with Crippen molar-refractivity contribution in [2.75, 3.05) is 0 Å². The lowest BCUT2D eigenvalue weighted by atomic mass is 10.1. The van der Waals surface area contributed by atoms with Crippen molar-refractivity contribution in [3.05, 3.63) is 61.2 Å². The summed E-state index contributed by atoms with van der Waals surface area (Å²) in [6.45, 7) is 3.73. The number of aromatic nitrogens is 2. The van der Waals surface area contributed by atoms with E-state index in [4.69, 9.17) is 0 Å². The standard InChI is InChI=1S/C12H12N2/c1-2-4-11-5-3-6-12(9-11)14-8-7-13-10-14/h2-3,5-10H,1,4H2.